The van der Waals surface area contributed by atoms with Gasteiger partial charge in [0.2, 0.25) is 5.91 Å². The van der Waals surface area contributed by atoms with E-state index in [2.05, 4.69) is 14.9 Å². The molecule has 1 saturated heterocycles. The Hall–Kier alpha value is -2.19. The molecule has 0 spiro atoms. The van der Waals surface area contributed by atoms with Gasteiger partial charge in [0.25, 0.3) is 5.56 Å². The first-order valence-electron chi connectivity index (χ1n) is 10.3. The first-order chi connectivity index (χ1) is 15.9. The lowest BCUT2D eigenvalue weighted by Gasteiger charge is -2.36. The number of hydrogen-bond donors (Lipinski definition) is 1. The summed E-state index contributed by atoms with van der Waals surface area (Å²) in [7, 11) is 0. The molecule has 2 aromatic carbocycles. The third-order valence-corrected chi connectivity index (χ3v) is 7.19. The molecule has 0 unspecified atom stereocenters. The summed E-state index contributed by atoms with van der Waals surface area (Å²) in [5.41, 5.74) is 2.20. The van der Waals surface area contributed by atoms with E-state index >= 15 is 0 Å². The molecule has 172 valence electrons. The number of halogens is 3. The van der Waals surface area contributed by atoms with Crippen molar-refractivity contribution in [3.63, 3.8) is 0 Å². The van der Waals surface area contributed by atoms with Crippen LogP contribution in [-0.4, -0.2) is 47.0 Å². The highest BCUT2D eigenvalue weighted by molar-refractivity contribution is 7.98. The molecule has 1 N–H and O–H groups in total. The minimum Gasteiger partial charge on any atom is -0.368 e. The van der Waals surface area contributed by atoms with Crippen LogP contribution >= 0.6 is 46.6 Å². The molecule has 1 fully saturated rings. The van der Waals surface area contributed by atoms with Gasteiger partial charge in [-0.25, -0.2) is 4.98 Å². The largest absolute Gasteiger partial charge is 0.368 e. The van der Waals surface area contributed by atoms with Gasteiger partial charge in [-0.1, -0.05) is 58.7 Å². The Morgan fingerprint density at radius 1 is 1.00 bits per heavy atom. The molecule has 10 heteroatoms. The van der Waals surface area contributed by atoms with Crippen LogP contribution in [0.15, 0.2) is 58.5 Å². The number of amides is 1. The Bertz CT molecular complexity index is 1210. The maximum absolute atomic E-state index is 12.8. The lowest BCUT2D eigenvalue weighted by molar-refractivity contribution is -0.130. The molecule has 1 aliphatic rings. The van der Waals surface area contributed by atoms with Crippen molar-refractivity contribution in [3.05, 3.63) is 85.2 Å². The third-order valence-electron chi connectivity index (χ3n) is 5.27. The number of rotatable bonds is 6. The molecule has 33 heavy (non-hydrogen) atoms. The molecular weight excluding hydrogens is 503 g/mol. The maximum atomic E-state index is 12.8. The standard InChI is InChI=1S/C23H21Cl3N4O2S/c24-16-3-1-2-15(10-16)14-33-23-27-17(11-21(31)28-23)12-22(32)30-8-6-29(7-9-30)18-4-5-19(25)20(26)13-18/h1-5,10-11,13H,6-9,12,14H2,(H,27,28,31). The summed E-state index contributed by atoms with van der Waals surface area (Å²) in [6, 6.07) is 14.4. The van der Waals surface area contributed by atoms with Gasteiger partial charge in [-0.15, -0.1) is 0 Å². The van der Waals surface area contributed by atoms with Crippen molar-refractivity contribution in [1.29, 1.82) is 0 Å². The van der Waals surface area contributed by atoms with Crippen molar-refractivity contribution in [2.45, 2.75) is 17.3 Å². The van der Waals surface area contributed by atoms with Gasteiger partial charge in [0.1, 0.15) is 0 Å². The van der Waals surface area contributed by atoms with Gasteiger partial charge in [-0.3, -0.25) is 9.59 Å². The summed E-state index contributed by atoms with van der Waals surface area (Å²) >= 11 is 19.5. The third kappa shape index (κ3) is 6.44. The number of piperazine rings is 1. The van der Waals surface area contributed by atoms with E-state index in [0.29, 0.717) is 57.9 Å². The summed E-state index contributed by atoms with van der Waals surface area (Å²) in [5, 5.41) is 2.17. The lowest BCUT2D eigenvalue weighted by Crippen LogP contribution is -2.49. The lowest BCUT2D eigenvalue weighted by atomic mass is 10.2. The van der Waals surface area contributed by atoms with Gasteiger partial charge in [0.15, 0.2) is 5.16 Å². The zero-order valence-corrected chi connectivity index (χ0v) is 20.6. The molecule has 1 aromatic heterocycles. The van der Waals surface area contributed by atoms with Crippen molar-refractivity contribution in [2.75, 3.05) is 31.1 Å². The molecule has 4 rings (SSSR count). The van der Waals surface area contributed by atoms with E-state index in [0.717, 1.165) is 11.3 Å². The van der Waals surface area contributed by atoms with Gasteiger partial charge in [-0.2, -0.15) is 0 Å². The molecule has 2 heterocycles. The summed E-state index contributed by atoms with van der Waals surface area (Å²) in [4.78, 5) is 36.1. The van der Waals surface area contributed by atoms with Crippen LogP contribution in [0.2, 0.25) is 15.1 Å². The summed E-state index contributed by atoms with van der Waals surface area (Å²) in [6.07, 6.45) is 0.0847. The minimum atomic E-state index is -0.272. The van der Waals surface area contributed by atoms with Gasteiger partial charge in [-0.05, 0) is 35.9 Å². The van der Waals surface area contributed by atoms with Crippen molar-refractivity contribution in [3.8, 4) is 0 Å². The number of carbonyl (C=O) groups is 1. The average Bonchev–Trinajstić information content (AvgIpc) is 2.79. The first kappa shape index (κ1) is 24.0. The van der Waals surface area contributed by atoms with E-state index in [-0.39, 0.29) is 17.9 Å². The molecule has 0 bridgehead atoms. The predicted molar refractivity (Wildman–Crippen MR) is 135 cm³/mol. The van der Waals surface area contributed by atoms with Crippen LogP contribution in [0.4, 0.5) is 5.69 Å². The van der Waals surface area contributed by atoms with Crippen LogP contribution in [-0.2, 0) is 17.0 Å². The maximum Gasteiger partial charge on any atom is 0.251 e. The van der Waals surface area contributed by atoms with Crippen molar-refractivity contribution < 1.29 is 4.79 Å². The molecule has 6 nitrogen and oxygen atoms in total. The van der Waals surface area contributed by atoms with Crippen molar-refractivity contribution >= 4 is 58.2 Å². The van der Waals surface area contributed by atoms with Crippen LogP contribution in [0.5, 0.6) is 0 Å². The van der Waals surface area contributed by atoms with Gasteiger partial charge in [0.05, 0.1) is 22.2 Å². The number of aromatic nitrogens is 2. The number of carbonyl (C=O) groups excluding carboxylic acids is 1. The highest BCUT2D eigenvalue weighted by atomic mass is 35.5. The van der Waals surface area contributed by atoms with Crippen molar-refractivity contribution in [1.82, 2.24) is 14.9 Å². The number of thioether (sulfide) groups is 1. The second-order valence-corrected chi connectivity index (χ2v) is 9.82. The highest BCUT2D eigenvalue weighted by Crippen LogP contribution is 2.28. The Kier molecular flexibility index (Phi) is 7.86. The number of benzene rings is 2. The molecule has 0 radical (unpaired) electrons. The van der Waals surface area contributed by atoms with Crippen LogP contribution in [0.3, 0.4) is 0 Å². The molecule has 0 atom stereocenters. The Morgan fingerprint density at radius 3 is 2.52 bits per heavy atom. The van der Waals surface area contributed by atoms with E-state index in [4.69, 9.17) is 34.8 Å². The van der Waals surface area contributed by atoms with Crippen LogP contribution in [0, 0.1) is 0 Å². The topological polar surface area (TPSA) is 69.3 Å². The Labute approximate surface area is 210 Å². The summed E-state index contributed by atoms with van der Waals surface area (Å²) in [6.45, 7) is 2.54. The number of hydrogen-bond acceptors (Lipinski definition) is 5. The normalized spacial score (nSPS) is 13.9. The molecule has 0 aliphatic carbocycles. The van der Waals surface area contributed by atoms with E-state index in [1.807, 2.05) is 36.4 Å². The fraction of sp³-hybridized carbons (Fsp3) is 0.261. The average molecular weight is 524 g/mol. The molecule has 3 aromatic rings. The van der Waals surface area contributed by atoms with Crippen molar-refractivity contribution in [2.24, 2.45) is 0 Å². The SMILES string of the molecule is O=C(Cc1cc(=O)[nH]c(SCc2cccc(Cl)c2)n1)N1CCN(c2ccc(Cl)c(Cl)c2)CC1. The van der Waals surface area contributed by atoms with Crippen LogP contribution < -0.4 is 10.5 Å². The Morgan fingerprint density at radius 2 is 1.79 bits per heavy atom. The van der Waals surface area contributed by atoms with E-state index in [1.165, 1.54) is 17.8 Å². The number of anilines is 1. The zero-order chi connectivity index (χ0) is 23.4. The van der Waals surface area contributed by atoms with Gasteiger partial charge < -0.3 is 14.8 Å². The monoisotopic (exact) mass is 522 g/mol. The first-order valence-corrected chi connectivity index (χ1v) is 12.4. The molecular formula is C23H21Cl3N4O2S. The quantitative estimate of drug-likeness (QED) is 0.367. The summed E-state index contributed by atoms with van der Waals surface area (Å²) in [5.74, 6) is 0.560. The van der Waals surface area contributed by atoms with E-state index in [9.17, 15) is 9.59 Å². The number of aromatic amines is 1. The van der Waals surface area contributed by atoms with E-state index < -0.39 is 0 Å². The molecule has 1 amide bonds. The zero-order valence-electron chi connectivity index (χ0n) is 17.6. The second-order valence-electron chi connectivity index (χ2n) is 7.60. The summed E-state index contributed by atoms with van der Waals surface area (Å²) < 4.78 is 0. The second kappa shape index (κ2) is 10.8. The number of H-pyrrole nitrogens is 1. The van der Waals surface area contributed by atoms with E-state index in [1.54, 1.807) is 11.0 Å². The Balaban J connectivity index is 1.34. The van der Waals surface area contributed by atoms with Crippen LogP contribution in [0.25, 0.3) is 0 Å². The predicted octanol–water partition coefficient (Wildman–Crippen LogP) is 4.91. The number of nitrogens with zero attached hydrogens (tertiary/aromatic N) is 3. The van der Waals surface area contributed by atoms with Crippen LogP contribution in [0.1, 0.15) is 11.3 Å². The minimum absolute atomic E-state index is 0.0484. The van der Waals surface area contributed by atoms with Gasteiger partial charge >= 0.3 is 0 Å². The number of nitrogens with one attached hydrogen (secondary N) is 1. The smallest absolute Gasteiger partial charge is 0.251 e. The molecule has 0 saturated carbocycles. The fourth-order valence-corrected chi connectivity index (χ4v) is 4.93. The van der Waals surface area contributed by atoms with Gasteiger partial charge in [0, 0.05) is 48.7 Å². The molecule has 1 aliphatic heterocycles. The fourth-order valence-electron chi connectivity index (χ4n) is 3.58. The highest BCUT2D eigenvalue weighted by Gasteiger charge is 2.22.